The largest absolute Gasteiger partial charge is 0.488 e. The topological polar surface area (TPSA) is 104 Å². The second-order valence-electron chi connectivity index (χ2n) is 8.04. The summed E-state index contributed by atoms with van der Waals surface area (Å²) in [5, 5.41) is 8.55. The van der Waals surface area contributed by atoms with E-state index in [9.17, 15) is 19.2 Å². The number of rotatable bonds is 7. The molecule has 2 saturated heterocycles. The number of hydrogen-bond acceptors (Lipinski definition) is 6. The van der Waals surface area contributed by atoms with Gasteiger partial charge < -0.3 is 14.7 Å². The monoisotopic (exact) mass is 480 g/mol. The quantitative estimate of drug-likeness (QED) is 0.597. The first-order chi connectivity index (χ1) is 16.4. The Morgan fingerprint density at radius 3 is 2.41 bits per heavy atom. The molecule has 0 unspecified atom stereocenters. The number of piperidine rings is 1. The zero-order valence-corrected chi connectivity index (χ0v) is 19.3. The normalized spacial score (nSPS) is 17.4. The lowest BCUT2D eigenvalue weighted by molar-refractivity contribution is -0.136. The minimum atomic E-state index is -0.996. The number of likely N-dealkylation sites (tertiary alicyclic amines) is 1. The first-order valence-corrected chi connectivity index (χ1v) is 11.8. The summed E-state index contributed by atoms with van der Waals surface area (Å²) in [5.74, 6) is -1.18. The lowest BCUT2D eigenvalue weighted by Gasteiger charge is -2.27. The summed E-state index contributed by atoms with van der Waals surface area (Å²) in [6, 6.07) is 13.5. The molecule has 8 nitrogen and oxygen atoms in total. The summed E-state index contributed by atoms with van der Waals surface area (Å²) < 4.78 is 5.89. The van der Waals surface area contributed by atoms with Gasteiger partial charge in [0.2, 0.25) is 5.91 Å². The van der Waals surface area contributed by atoms with Crippen LogP contribution in [0.1, 0.15) is 40.7 Å². The highest BCUT2D eigenvalue weighted by atomic mass is 32.2. The number of thioether (sulfide) groups is 1. The predicted molar refractivity (Wildman–Crippen MR) is 127 cm³/mol. The highest BCUT2D eigenvalue weighted by Crippen LogP contribution is 2.34. The SMILES string of the molecule is O=C(O)c1ccc(COc2ccccc2/C=C2\SC(=O)N(CC(=O)N3CCCCC3)C2=O)cc1. The number of carbonyl (C=O) groups is 4. The van der Waals surface area contributed by atoms with Gasteiger partial charge in [-0.05, 0) is 60.9 Å². The zero-order chi connectivity index (χ0) is 24.1. The molecule has 2 heterocycles. The third kappa shape index (κ3) is 5.48. The Morgan fingerprint density at radius 2 is 1.71 bits per heavy atom. The van der Waals surface area contributed by atoms with E-state index in [-0.39, 0.29) is 29.5 Å². The fourth-order valence-electron chi connectivity index (χ4n) is 3.79. The van der Waals surface area contributed by atoms with Gasteiger partial charge >= 0.3 is 5.97 Å². The Bertz CT molecular complexity index is 1140. The Labute approximate surface area is 201 Å². The number of imide groups is 1. The van der Waals surface area contributed by atoms with Crippen LogP contribution in [0.15, 0.2) is 53.4 Å². The molecule has 0 aromatic heterocycles. The van der Waals surface area contributed by atoms with E-state index in [1.165, 1.54) is 12.1 Å². The second-order valence-corrected chi connectivity index (χ2v) is 9.03. The molecular formula is C25H24N2O6S. The van der Waals surface area contributed by atoms with Crippen molar-refractivity contribution >= 4 is 40.9 Å². The third-order valence-corrected chi connectivity index (χ3v) is 6.58. The standard InChI is InChI=1S/C25H24N2O6S/c28-22(26-12-4-1-5-13-26)15-27-23(29)21(34-25(27)32)14-19-6-2-3-7-20(19)33-16-17-8-10-18(11-9-17)24(30)31/h2-3,6-11,14H,1,4-5,12-13,15-16H2,(H,30,31)/b21-14-. The Kier molecular flexibility index (Phi) is 7.32. The van der Waals surface area contributed by atoms with Crippen molar-refractivity contribution in [2.24, 2.45) is 0 Å². The van der Waals surface area contributed by atoms with Crippen molar-refractivity contribution in [2.45, 2.75) is 25.9 Å². The molecular weight excluding hydrogens is 456 g/mol. The van der Waals surface area contributed by atoms with Crippen molar-refractivity contribution in [3.05, 3.63) is 70.1 Å². The molecule has 1 N–H and O–H groups in total. The molecule has 0 radical (unpaired) electrons. The van der Waals surface area contributed by atoms with Crippen molar-refractivity contribution in [1.82, 2.24) is 9.80 Å². The summed E-state index contributed by atoms with van der Waals surface area (Å²) in [6.07, 6.45) is 4.56. The van der Waals surface area contributed by atoms with Crippen LogP contribution in [-0.2, 0) is 16.2 Å². The van der Waals surface area contributed by atoms with E-state index in [0.717, 1.165) is 41.5 Å². The molecule has 0 aliphatic carbocycles. The molecule has 0 bridgehead atoms. The number of amides is 3. The van der Waals surface area contributed by atoms with Gasteiger partial charge in [0, 0.05) is 18.7 Å². The maximum Gasteiger partial charge on any atom is 0.335 e. The minimum absolute atomic E-state index is 0.193. The molecule has 4 rings (SSSR count). The number of para-hydroxylation sites is 1. The third-order valence-electron chi connectivity index (χ3n) is 5.68. The summed E-state index contributed by atoms with van der Waals surface area (Å²) in [7, 11) is 0. The molecule has 2 aromatic rings. The molecule has 0 saturated carbocycles. The molecule has 2 aromatic carbocycles. The van der Waals surface area contributed by atoms with Crippen LogP contribution in [0.2, 0.25) is 0 Å². The summed E-state index contributed by atoms with van der Waals surface area (Å²) in [6.45, 7) is 1.28. The summed E-state index contributed by atoms with van der Waals surface area (Å²) >= 11 is 0.809. The van der Waals surface area contributed by atoms with Crippen molar-refractivity contribution in [1.29, 1.82) is 0 Å². The molecule has 0 spiro atoms. The highest BCUT2D eigenvalue weighted by molar-refractivity contribution is 8.18. The predicted octanol–water partition coefficient (Wildman–Crippen LogP) is 4.01. The summed E-state index contributed by atoms with van der Waals surface area (Å²) in [4.78, 5) is 51.8. The molecule has 176 valence electrons. The summed E-state index contributed by atoms with van der Waals surface area (Å²) in [5.41, 5.74) is 1.60. The van der Waals surface area contributed by atoms with E-state index in [1.807, 2.05) is 0 Å². The number of hydrogen-bond donors (Lipinski definition) is 1. The van der Waals surface area contributed by atoms with Crippen molar-refractivity contribution in [3.63, 3.8) is 0 Å². The van der Waals surface area contributed by atoms with Gasteiger partial charge in [-0.2, -0.15) is 0 Å². The van der Waals surface area contributed by atoms with E-state index >= 15 is 0 Å². The molecule has 9 heteroatoms. The van der Waals surface area contributed by atoms with Crippen LogP contribution in [0.4, 0.5) is 4.79 Å². The molecule has 2 fully saturated rings. The molecule has 0 atom stereocenters. The van der Waals surface area contributed by atoms with Gasteiger partial charge in [0.1, 0.15) is 18.9 Å². The molecule has 34 heavy (non-hydrogen) atoms. The van der Waals surface area contributed by atoms with Crippen LogP contribution in [0.3, 0.4) is 0 Å². The van der Waals surface area contributed by atoms with Crippen LogP contribution in [-0.4, -0.2) is 57.6 Å². The Morgan fingerprint density at radius 1 is 1.00 bits per heavy atom. The van der Waals surface area contributed by atoms with Gasteiger partial charge in [-0.3, -0.25) is 19.3 Å². The fraction of sp³-hybridized carbons (Fsp3) is 0.280. The van der Waals surface area contributed by atoms with Crippen molar-refractivity contribution < 1.29 is 29.0 Å². The zero-order valence-electron chi connectivity index (χ0n) is 18.4. The van der Waals surface area contributed by atoms with Gasteiger partial charge in [0.25, 0.3) is 11.1 Å². The van der Waals surface area contributed by atoms with Crippen molar-refractivity contribution in [2.75, 3.05) is 19.6 Å². The lowest BCUT2D eigenvalue weighted by atomic mass is 10.1. The maximum absolute atomic E-state index is 12.9. The average molecular weight is 481 g/mol. The van der Waals surface area contributed by atoms with E-state index in [2.05, 4.69) is 0 Å². The maximum atomic E-state index is 12.9. The van der Waals surface area contributed by atoms with E-state index < -0.39 is 17.1 Å². The Balaban J connectivity index is 1.44. The number of carboxylic acid groups (broad SMARTS) is 1. The lowest BCUT2D eigenvalue weighted by Crippen LogP contribution is -2.44. The second kappa shape index (κ2) is 10.6. The van der Waals surface area contributed by atoms with Crippen LogP contribution in [0, 0.1) is 0 Å². The average Bonchev–Trinajstić information content (AvgIpc) is 3.11. The highest BCUT2D eigenvalue weighted by Gasteiger charge is 2.37. The first kappa shape index (κ1) is 23.6. The molecule has 2 aliphatic rings. The van der Waals surface area contributed by atoms with Crippen LogP contribution in [0.5, 0.6) is 5.75 Å². The van der Waals surface area contributed by atoms with E-state index in [1.54, 1.807) is 47.4 Å². The Hall–Kier alpha value is -3.59. The van der Waals surface area contributed by atoms with E-state index in [0.29, 0.717) is 24.4 Å². The van der Waals surface area contributed by atoms with Crippen molar-refractivity contribution in [3.8, 4) is 5.75 Å². The number of nitrogens with zero attached hydrogens (tertiary/aromatic N) is 2. The van der Waals surface area contributed by atoms with Gasteiger partial charge in [0.05, 0.1) is 10.5 Å². The fourth-order valence-corrected chi connectivity index (χ4v) is 4.62. The van der Waals surface area contributed by atoms with Gasteiger partial charge in [-0.15, -0.1) is 0 Å². The van der Waals surface area contributed by atoms with Crippen LogP contribution >= 0.6 is 11.8 Å². The van der Waals surface area contributed by atoms with Crippen LogP contribution in [0.25, 0.3) is 6.08 Å². The van der Waals surface area contributed by atoms with Crippen LogP contribution < -0.4 is 4.74 Å². The number of carbonyl (C=O) groups excluding carboxylic acids is 3. The number of aromatic carboxylic acids is 1. The number of benzene rings is 2. The first-order valence-electron chi connectivity index (χ1n) is 11.0. The van der Waals surface area contributed by atoms with E-state index in [4.69, 9.17) is 9.84 Å². The number of carboxylic acids is 1. The number of ether oxygens (including phenoxy) is 1. The smallest absolute Gasteiger partial charge is 0.335 e. The molecule has 3 amide bonds. The molecule has 2 aliphatic heterocycles. The minimum Gasteiger partial charge on any atom is -0.488 e. The van der Waals surface area contributed by atoms with Gasteiger partial charge in [0.15, 0.2) is 0 Å². The van der Waals surface area contributed by atoms with Gasteiger partial charge in [-0.1, -0.05) is 30.3 Å². The van der Waals surface area contributed by atoms with Gasteiger partial charge in [-0.25, -0.2) is 4.79 Å².